The monoisotopic (exact) mass is 381 g/mol. The number of hydrogen-bond donors (Lipinski definition) is 1. The van der Waals surface area contributed by atoms with Crippen molar-refractivity contribution >= 4 is 42.5 Å². The molecule has 0 radical (unpaired) electrons. The van der Waals surface area contributed by atoms with Crippen molar-refractivity contribution in [2.75, 3.05) is 4.72 Å². The Labute approximate surface area is 135 Å². The van der Waals surface area contributed by atoms with E-state index in [1.165, 1.54) is 0 Å². The number of rotatable bonds is 3. The van der Waals surface area contributed by atoms with Gasteiger partial charge in [0.25, 0.3) is 10.0 Å². The average Bonchev–Trinajstić information content (AvgIpc) is 2.82. The van der Waals surface area contributed by atoms with Gasteiger partial charge in [0.2, 0.25) is 0 Å². The molecule has 0 atom stereocenters. The van der Waals surface area contributed by atoms with Crippen LogP contribution in [0.4, 0.5) is 5.69 Å². The van der Waals surface area contributed by atoms with Crippen LogP contribution in [0.2, 0.25) is 0 Å². The summed E-state index contributed by atoms with van der Waals surface area (Å²) in [6.45, 7) is 3.15. The van der Waals surface area contributed by atoms with Crippen LogP contribution in [-0.4, -0.2) is 18.6 Å². The molecule has 114 valence electrons. The second-order valence-corrected chi connectivity index (χ2v) is 7.23. The summed E-state index contributed by atoms with van der Waals surface area (Å²) in [5.41, 5.74) is 1.28. The number of pyridine rings is 1. The molecule has 2 heterocycles. The number of halogens is 1. The third kappa shape index (κ3) is 2.48. The molecule has 0 unspecified atom stereocenters. The Morgan fingerprint density at radius 3 is 2.68 bits per heavy atom. The first-order valence-corrected chi connectivity index (χ1v) is 8.66. The second-order valence-electron chi connectivity index (χ2n) is 4.75. The summed E-state index contributed by atoms with van der Waals surface area (Å²) < 4.78 is 33.5. The van der Waals surface area contributed by atoms with Crippen molar-refractivity contribution in [1.29, 1.82) is 0 Å². The number of nitrogens with one attached hydrogen (secondary N) is 1. The van der Waals surface area contributed by atoms with Gasteiger partial charge in [0.15, 0.2) is 10.7 Å². The van der Waals surface area contributed by atoms with Crippen LogP contribution in [0.3, 0.4) is 0 Å². The Bertz CT molecular complexity index is 947. The molecule has 0 saturated heterocycles. The van der Waals surface area contributed by atoms with E-state index in [-0.39, 0.29) is 10.7 Å². The standard InChI is InChI=1S/C14H12BrN3O3S/c1-8-14(9(2)21-17-8)22(19,20)18-12-6-5-11(15)10-4-3-7-16-13(10)12/h3-7,18H,1-2H3. The highest BCUT2D eigenvalue weighted by Crippen LogP contribution is 2.30. The summed E-state index contributed by atoms with van der Waals surface area (Å²) >= 11 is 3.43. The molecule has 0 aliphatic heterocycles. The number of fused-ring (bicyclic) bond motifs is 1. The van der Waals surface area contributed by atoms with Gasteiger partial charge >= 0.3 is 0 Å². The lowest BCUT2D eigenvalue weighted by Crippen LogP contribution is -2.15. The predicted octanol–water partition coefficient (Wildman–Crippen LogP) is 3.40. The van der Waals surface area contributed by atoms with Gasteiger partial charge in [0.1, 0.15) is 5.69 Å². The zero-order valence-electron chi connectivity index (χ0n) is 11.8. The smallest absolute Gasteiger partial charge is 0.267 e. The van der Waals surface area contributed by atoms with E-state index < -0.39 is 10.0 Å². The molecular weight excluding hydrogens is 370 g/mol. The highest BCUT2D eigenvalue weighted by molar-refractivity contribution is 9.10. The summed E-state index contributed by atoms with van der Waals surface area (Å²) in [7, 11) is -3.80. The largest absolute Gasteiger partial charge is 0.360 e. The summed E-state index contributed by atoms with van der Waals surface area (Å²) in [6.07, 6.45) is 1.61. The molecule has 0 aliphatic carbocycles. The van der Waals surface area contributed by atoms with Gasteiger partial charge in [0.05, 0.1) is 11.2 Å². The molecule has 0 aliphatic rings. The molecule has 6 nitrogen and oxygen atoms in total. The summed E-state index contributed by atoms with van der Waals surface area (Å²) in [5.74, 6) is 0.249. The molecule has 0 bridgehead atoms. The maximum Gasteiger partial charge on any atom is 0.267 e. The molecule has 0 spiro atoms. The van der Waals surface area contributed by atoms with Crippen LogP contribution in [0, 0.1) is 13.8 Å². The third-order valence-electron chi connectivity index (χ3n) is 3.20. The highest BCUT2D eigenvalue weighted by Gasteiger charge is 2.25. The van der Waals surface area contributed by atoms with Gasteiger partial charge in [-0.05, 0) is 32.0 Å². The number of hydrogen-bond acceptors (Lipinski definition) is 5. The normalized spacial score (nSPS) is 11.8. The van der Waals surface area contributed by atoms with Crippen molar-refractivity contribution in [1.82, 2.24) is 10.1 Å². The topological polar surface area (TPSA) is 85.1 Å². The Balaban J connectivity index is 2.13. The number of sulfonamides is 1. The Morgan fingerprint density at radius 2 is 2.00 bits per heavy atom. The fourth-order valence-electron chi connectivity index (χ4n) is 2.27. The minimum atomic E-state index is -3.80. The van der Waals surface area contributed by atoms with E-state index in [0.717, 1.165) is 9.86 Å². The molecule has 22 heavy (non-hydrogen) atoms. The van der Waals surface area contributed by atoms with Crippen LogP contribution in [0.15, 0.2) is 44.4 Å². The highest BCUT2D eigenvalue weighted by atomic mass is 79.9. The summed E-state index contributed by atoms with van der Waals surface area (Å²) in [6, 6.07) is 7.09. The fraction of sp³-hybridized carbons (Fsp3) is 0.143. The Kier molecular flexibility index (Phi) is 3.65. The molecule has 0 amide bonds. The van der Waals surface area contributed by atoms with Gasteiger partial charge < -0.3 is 4.52 Å². The number of aryl methyl sites for hydroxylation is 2. The van der Waals surface area contributed by atoms with Crippen molar-refractivity contribution in [3.63, 3.8) is 0 Å². The van der Waals surface area contributed by atoms with Crippen LogP contribution in [0.25, 0.3) is 10.9 Å². The first kappa shape index (κ1) is 15.0. The van der Waals surface area contributed by atoms with Gasteiger partial charge in [-0.3, -0.25) is 9.71 Å². The Hall–Kier alpha value is -1.93. The van der Waals surface area contributed by atoms with E-state index in [1.807, 2.05) is 6.07 Å². The van der Waals surface area contributed by atoms with Gasteiger partial charge in [-0.15, -0.1) is 0 Å². The van der Waals surface area contributed by atoms with Gasteiger partial charge in [-0.25, -0.2) is 8.42 Å². The number of anilines is 1. The quantitative estimate of drug-likeness (QED) is 0.751. The molecular formula is C14H12BrN3O3S. The minimum Gasteiger partial charge on any atom is -0.360 e. The van der Waals surface area contributed by atoms with Gasteiger partial charge in [-0.1, -0.05) is 27.2 Å². The lowest BCUT2D eigenvalue weighted by molar-refractivity contribution is 0.390. The number of benzene rings is 1. The molecule has 8 heteroatoms. The van der Waals surface area contributed by atoms with E-state index in [4.69, 9.17) is 4.52 Å². The van der Waals surface area contributed by atoms with Crippen LogP contribution in [-0.2, 0) is 10.0 Å². The Morgan fingerprint density at radius 1 is 1.23 bits per heavy atom. The van der Waals surface area contributed by atoms with E-state index >= 15 is 0 Å². The van der Waals surface area contributed by atoms with Crippen LogP contribution < -0.4 is 4.72 Å². The predicted molar refractivity (Wildman–Crippen MR) is 86.2 cm³/mol. The average molecular weight is 382 g/mol. The second kappa shape index (κ2) is 5.36. The molecule has 0 fully saturated rings. The molecule has 1 aromatic carbocycles. The number of aromatic nitrogens is 2. The van der Waals surface area contributed by atoms with Crippen LogP contribution in [0.5, 0.6) is 0 Å². The van der Waals surface area contributed by atoms with E-state index in [1.54, 1.807) is 38.2 Å². The maximum absolute atomic E-state index is 12.6. The van der Waals surface area contributed by atoms with Crippen molar-refractivity contribution in [3.8, 4) is 0 Å². The lowest BCUT2D eigenvalue weighted by Gasteiger charge is -2.10. The van der Waals surface area contributed by atoms with Gasteiger partial charge in [-0.2, -0.15) is 0 Å². The molecule has 2 aromatic heterocycles. The first-order chi connectivity index (χ1) is 10.4. The van der Waals surface area contributed by atoms with Crippen LogP contribution in [0.1, 0.15) is 11.5 Å². The van der Waals surface area contributed by atoms with Crippen molar-refractivity contribution < 1.29 is 12.9 Å². The van der Waals surface area contributed by atoms with Crippen LogP contribution >= 0.6 is 15.9 Å². The fourth-order valence-corrected chi connectivity index (χ4v) is 4.12. The maximum atomic E-state index is 12.6. The molecule has 0 saturated carbocycles. The van der Waals surface area contributed by atoms with Gasteiger partial charge in [0, 0.05) is 16.1 Å². The zero-order chi connectivity index (χ0) is 15.9. The zero-order valence-corrected chi connectivity index (χ0v) is 14.2. The SMILES string of the molecule is Cc1noc(C)c1S(=O)(=O)Nc1ccc(Br)c2cccnc12. The van der Waals surface area contributed by atoms with E-state index in [2.05, 4.69) is 30.8 Å². The molecule has 3 aromatic rings. The molecule has 1 N–H and O–H groups in total. The summed E-state index contributed by atoms with van der Waals surface area (Å²) in [4.78, 5) is 4.31. The summed E-state index contributed by atoms with van der Waals surface area (Å²) in [5, 5.41) is 4.50. The van der Waals surface area contributed by atoms with E-state index in [9.17, 15) is 8.42 Å². The third-order valence-corrected chi connectivity index (χ3v) is 5.50. The minimum absolute atomic E-state index is 0.0551. The van der Waals surface area contributed by atoms with Crippen molar-refractivity contribution in [3.05, 3.63) is 46.4 Å². The first-order valence-electron chi connectivity index (χ1n) is 6.39. The lowest BCUT2D eigenvalue weighted by atomic mass is 10.2. The van der Waals surface area contributed by atoms with E-state index in [0.29, 0.717) is 16.9 Å². The van der Waals surface area contributed by atoms with Crippen molar-refractivity contribution in [2.45, 2.75) is 18.7 Å². The van der Waals surface area contributed by atoms with Crippen molar-refractivity contribution in [2.24, 2.45) is 0 Å². The number of nitrogens with zero attached hydrogens (tertiary/aromatic N) is 2. The molecule has 3 rings (SSSR count).